The second-order valence-electron chi connectivity index (χ2n) is 4.22. The van der Waals surface area contributed by atoms with Gasteiger partial charge in [0.15, 0.2) is 0 Å². The van der Waals surface area contributed by atoms with Crippen molar-refractivity contribution in [3.63, 3.8) is 0 Å². The van der Waals surface area contributed by atoms with Crippen LogP contribution in [0.2, 0.25) is 0 Å². The van der Waals surface area contributed by atoms with Crippen LogP contribution in [0.1, 0.15) is 16.1 Å². The van der Waals surface area contributed by atoms with E-state index in [0.717, 1.165) is 4.68 Å². The number of aromatic nitrogens is 2. The maximum Gasteiger partial charge on any atom is 0.416 e. The molecule has 5 nitrogen and oxygen atoms in total. The molecule has 0 spiro atoms. The third-order valence-corrected chi connectivity index (χ3v) is 2.72. The van der Waals surface area contributed by atoms with E-state index < -0.39 is 29.2 Å². The van der Waals surface area contributed by atoms with E-state index in [1.54, 1.807) is 0 Å². The Kier molecular flexibility index (Phi) is 3.58. The van der Waals surface area contributed by atoms with Gasteiger partial charge in [0.25, 0.3) is 5.91 Å². The minimum absolute atomic E-state index is 0.0300. The number of hydrogen-bond acceptors (Lipinski definition) is 3. The van der Waals surface area contributed by atoms with Crippen LogP contribution in [0.4, 0.5) is 28.9 Å². The summed E-state index contributed by atoms with van der Waals surface area (Å²) < 4.78 is 52.4. The largest absolute Gasteiger partial charge is 0.416 e. The maximum absolute atomic E-state index is 13.5. The highest BCUT2D eigenvalue weighted by molar-refractivity contribution is 6.06. The van der Waals surface area contributed by atoms with E-state index in [2.05, 4.69) is 10.4 Å². The first-order chi connectivity index (χ1) is 9.70. The maximum atomic E-state index is 13.5. The summed E-state index contributed by atoms with van der Waals surface area (Å²) >= 11 is 0. The fourth-order valence-corrected chi connectivity index (χ4v) is 1.71. The minimum atomic E-state index is -4.64. The number of benzene rings is 1. The summed E-state index contributed by atoms with van der Waals surface area (Å²) in [5.74, 6) is -1.84. The van der Waals surface area contributed by atoms with E-state index >= 15 is 0 Å². The lowest BCUT2D eigenvalue weighted by Gasteiger charge is -2.11. The molecule has 2 aromatic rings. The van der Waals surface area contributed by atoms with Crippen molar-refractivity contribution in [2.75, 3.05) is 11.1 Å². The number of carbonyl (C=O) groups is 1. The zero-order chi connectivity index (χ0) is 15.8. The fraction of sp³-hybridized carbons (Fsp3) is 0.167. The van der Waals surface area contributed by atoms with Gasteiger partial charge in [0.1, 0.15) is 11.5 Å². The van der Waals surface area contributed by atoms with Gasteiger partial charge >= 0.3 is 6.18 Å². The monoisotopic (exact) mass is 302 g/mol. The molecule has 0 radical (unpaired) electrons. The highest BCUT2D eigenvalue weighted by Gasteiger charge is 2.31. The Morgan fingerprint density at radius 3 is 2.57 bits per heavy atom. The summed E-state index contributed by atoms with van der Waals surface area (Å²) in [6, 6.07) is 1.73. The summed E-state index contributed by atoms with van der Waals surface area (Å²) in [7, 11) is 1.42. The van der Waals surface area contributed by atoms with E-state index in [0.29, 0.717) is 18.2 Å². The summed E-state index contributed by atoms with van der Waals surface area (Å²) in [6.07, 6.45) is -3.43. The third kappa shape index (κ3) is 2.96. The van der Waals surface area contributed by atoms with Gasteiger partial charge in [-0.25, -0.2) is 4.39 Å². The van der Waals surface area contributed by atoms with Gasteiger partial charge in [0, 0.05) is 7.05 Å². The first-order valence-electron chi connectivity index (χ1n) is 5.65. The van der Waals surface area contributed by atoms with Crippen LogP contribution < -0.4 is 11.1 Å². The molecular weight excluding hydrogens is 292 g/mol. The molecule has 1 aromatic heterocycles. The second kappa shape index (κ2) is 5.08. The average Bonchev–Trinajstić information content (AvgIpc) is 2.70. The molecule has 2 rings (SSSR count). The molecule has 0 bridgehead atoms. The van der Waals surface area contributed by atoms with Gasteiger partial charge in [-0.3, -0.25) is 9.48 Å². The number of nitrogens with zero attached hydrogens (tertiary/aromatic N) is 2. The number of halogens is 4. The van der Waals surface area contributed by atoms with Gasteiger partial charge in [-0.05, 0) is 18.2 Å². The molecule has 0 fully saturated rings. The van der Waals surface area contributed by atoms with Crippen molar-refractivity contribution in [2.45, 2.75) is 6.18 Å². The normalized spacial score (nSPS) is 11.5. The van der Waals surface area contributed by atoms with Crippen LogP contribution in [-0.4, -0.2) is 15.7 Å². The van der Waals surface area contributed by atoms with E-state index in [-0.39, 0.29) is 11.4 Å². The van der Waals surface area contributed by atoms with E-state index in [9.17, 15) is 22.4 Å². The van der Waals surface area contributed by atoms with Crippen molar-refractivity contribution in [1.29, 1.82) is 0 Å². The predicted molar refractivity (Wildman–Crippen MR) is 67.0 cm³/mol. The summed E-state index contributed by atoms with van der Waals surface area (Å²) in [4.78, 5) is 11.9. The fourth-order valence-electron chi connectivity index (χ4n) is 1.71. The Labute approximate surface area is 116 Å². The number of hydrogen-bond donors (Lipinski definition) is 2. The molecule has 0 aliphatic heterocycles. The molecule has 3 N–H and O–H groups in total. The van der Waals surface area contributed by atoms with E-state index in [1.165, 1.54) is 13.2 Å². The van der Waals surface area contributed by atoms with E-state index in [4.69, 9.17) is 5.73 Å². The van der Waals surface area contributed by atoms with Gasteiger partial charge in [0.2, 0.25) is 0 Å². The van der Waals surface area contributed by atoms with Crippen LogP contribution in [0.25, 0.3) is 0 Å². The SMILES string of the molecule is Cn1ncc(N)c1C(=O)Nc1cc(C(F)(F)F)ccc1F. The number of nitrogen functional groups attached to an aromatic ring is 1. The predicted octanol–water partition coefficient (Wildman–Crippen LogP) is 2.41. The van der Waals surface area contributed by atoms with Gasteiger partial charge in [-0.15, -0.1) is 0 Å². The third-order valence-electron chi connectivity index (χ3n) is 2.72. The molecule has 1 amide bonds. The molecule has 0 saturated heterocycles. The number of aryl methyl sites for hydroxylation is 1. The van der Waals surface area contributed by atoms with Gasteiger partial charge in [0.05, 0.1) is 23.1 Å². The Morgan fingerprint density at radius 1 is 1.38 bits per heavy atom. The lowest BCUT2D eigenvalue weighted by Crippen LogP contribution is -2.19. The van der Waals surface area contributed by atoms with Crippen LogP contribution in [0.3, 0.4) is 0 Å². The summed E-state index contributed by atoms with van der Waals surface area (Å²) in [5, 5.41) is 5.77. The number of anilines is 2. The number of nitrogens with one attached hydrogen (secondary N) is 1. The van der Waals surface area contributed by atoms with Crippen molar-refractivity contribution in [1.82, 2.24) is 9.78 Å². The zero-order valence-electron chi connectivity index (χ0n) is 10.7. The van der Waals surface area contributed by atoms with Gasteiger partial charge < -0.3 is 11.1 Å². The van der Waals surface area contributed by atoms with Crippen LogP contribution in [0.5, 0.6) is 0 Å². The molecule has 0 saturated carbocycles. The highest BCUT2D eigenvalue weighted by atomic mass is 19.4. The molecule has 0 aliphatic rings. The first kappa shape index (κ1) is 14.8. The molecule has 21 heavy (non-hydrogen) atoms. The Morgan fingerprint density at radius 2 is 2.05 bits per heavy atom. The number of nitrogens with two attached hydrogens (primary N) is 1. The molecule has 9 heteroatoms. The van der Waals surface area contributed by atoms with Crippen molar-refractivity contribution in [2.24, 2.45) is 7.05 Å². The number of amides is 1. The molecule has 0 aliphatic carbocycles. The minimum Gasteiger partial charge on any atom is -0.396 e. The molecule has 1 aromatic carbocycles. The first-order valence-corrected chi connectivity index (χ1v) is 5.65. The Hall–Kier alpha value is -2.58. The van der Waals surface area contributed by atoms with Crippen LogP contribution in [-0.2, 0) is 13.2 Å². The number of alkyl halides is 3. The molecule has 112 valence electrons. The van der Waals surface area contributed by atoms with Crippen LogP contribution >= 0.6 is 0 Å². The van der Waals surface area contributed by atoms with Crippen molar-refractivity contribution < 1.29 is 22.4 Å². The Balaban J connectivity index is 2.34. The quantitative estimate of drug-likeness (QED) is 0.837. The van der Waals surface area contributed by atoms with Crippen LogP contribution in [0.15, 0.2) is 24.4 Å². The van der Waals surface area contributed by atoms with E-state index in [1.807, 2.05) is 0 Å². The molecule has 1 heterocycles. The molecular formula is C12H10F4N4O. The lowest BCUT2D eigenvalue weighted by atomic mass is 10.2. The average molecular weight is 302 g/mol. The Bertz CT molecular complexity index is 674. The molecule has 0 unspecified atom stereocenters. The second-order valence-corrected chi connectivity index (χ2v) is 4.22. The topological polar surface area (TPSA) is 72.9 Å². The summed E-state index contributed by atoms with van der Waals surface area (Å²) in [5.41, 5.74) is 3.81. The molecule has 0 atom stereocenters. The number of carbonyl (C=O) groups excluding carboxylic acids is 1. The number of rotatable bonds is 2. The standard InChI is InChI=1S/C12H10F4N4O/c1-20-10(8(17)5-18-20)11(21)19-9-4-6(12(14,15)16)2-3-7(9)13/h2-5H,17H2,1H3,(H,19,21). The van der Waals surface area contributed by atoms with Crippen molar-refractivity contribution in [3.8, 4) is 0 Å². The van der Waals surface area contributed by atoms with Gasteiger partial charge in [-0.2, -0.15) is 18.3 Å². The zero-order valence-corrected chi connectivity index (χ0v) is 10.7. The summed E-state index contributed by atoms with van der Waals surface area (Å²) in [6.45, 7) is 0. The smallest absolute Gasteiger partial charge is 0.396 e. The highest BCUT2D eigenvalue weighted by Crippen LogP contribution is 2.32. The van der Waals surface area contributed by atoms with Crippen molar-refractivity contribution in [3.05, 3.63) is 41.5 Å². The van der Waals surface area contributed by atoms with Gasteiger partial charge in [-0.1, -0.05) is 0 Å². The lowest BCUT2D eigenvalue weighted by molar-refractivity contribution is -0.137. The van der Waals surface area contributed by atoms with Crippen LogP contribution in [0, 0.1) is 5.82 Å². The van der Waals surface area contributed by atoms with Crippen molar-refractivity contribution >= 4 is 17.3 Å².